The lowest BCUT2D eigenvalue weighted by Gasteiger charge is -2.25. The number of likely N-dealkylation sites (tertiary alicyclic amines) is 1. The molecule has 0 aliphatic carbocycles. The van der Waals surface area contributed by atoms with Gasteiger partial charge in [-0.15, -0.1) is 0 Å². The number of carbonyl (C=O) groups is 2. The fourth-order valence-corrected chi connectivity index (χ4v) is 5.17. The quantitative estimate of drug-likeness (QED) is 0.122. The van der Waals surface area contributed by atoms with E-state index < -0.39 is 17.7 Å². The topological polar surface area (TPSA) is 84.1 Å². The van der Waals surface area contributed by atoms with E-state index in [0.29, 0.717) is 36.6 Å². The molecule has 5 rings (SSSR count). The van der Waals surface area contributed by atoms with Crippen LogP contribution >= 0.6 is 0 Å². The molecule has 3 heterocycles. The molecule has 2 aromatic heterocycles. The number of nitrogens with zero attached hydrogens (tertiary/aromatic N) is 3. The summed E-state index contributed by atoms with van der Waals surface area (Å²) in [5, 5.41) is 11.6. The third-order valence-electron chi connectivity index (χ3n) is 7.17. The number of aromatic nitrogens is 2. The number of aliphatic hydroxyl groups excluding tert-OH is 1. The first-order valence-electron chi connectivity index (χ1n) is 13.5. The smallest absolute Gasteiger partial charge is 0.295 e. The van der Waals surface area contributed by atoms with E-state index in [-0.39, 0.29) is 11.3 Å². The van der Waals surface area contributed by atoms with Crippen molar-refractivity contribution in [1.82, 2.24) is 14.3 Å². The van der Waals surface area contributed by atoms with Crippen molar-refractivity contribution in [3.05, 3.63) is 107 Å². The van der Waals surface area contributed by atoms with Gasteiger partial charge in [0.15, 0.2) is 5.76 Å². The second-order valence-corrected chi connectivity index (χ2v) is 9.83. The van der Waals surface area contributed by atoms with Crippen molar-refractivity contribution in [2.75, 3.05) is 13.2 Å². The van der Waals surface area contributed by atoms with Crippen LogP contribution in [0.1, 0.15) is 54.7 Å². The van der Waals surface area contributed by atoms with E-state index in [0.717, 1.165) is 36.1 Å². The molecule has 2 aromatic carbocycles. The Morgan fingerprint density at radius 2 is 1.72 bits per heavy atom. The fraction of sp³-hybridized carbons (Fsp3) is 0.281. The van der Waals surface area contributed by atoms with Gasteiger partial charge in [-0.05, 0) is 55.2 Å². The van der Waals surface area contributed by atoms with E-state index in [1.165, 1.54) is 0 Å². The molecule has 1 N–H and O–H groups in total. The minimum Gasteiger partial charge on any atom is -0.505 e. The lowest BCUT2D eigenvalue weighted by molar-refractivity contribution is -0.139. The van der Waals surface area contributed by atoms with Gasteiger partial charge in [0, 0.05) is 12.7 Å². The molecule has 1 unspecified atom stereocenters. The average Bonchev–Trinajstić information content (AvgIpc) is 3.43. The van der Waals surface area contributed by atoms with Gasteiger partial charge in [-0.25, -0.2) is 4.98 Å². The number of aliphatic hydroxyl groups is 1. The van der Waals surface area contributed by atoms with E-state index in [9.17, 15) is 14.7 Å². The summed E-state index contributed by atoms with van der Waals surface area (Å²) in [6.07, 6.45) is 5.58. The van der Waals surface area contributed by atoms with Crippen LogP contribution in [0.3, 0.4) is 0 Å². The Morgan fingerprint density at radius 1 is 0.974 bits per heavy atom. The minimum atomic E-state index is -0.739. The number of unbranched alkanes of at least 4 members (excludes halogenated alkanes) is 2. The van der Waals surface area contributed by atoms with Crippen LogP contribution in [-0.2, 0) is 16.0 Å². The van der Waals surface area contributed by atoms with Gasteiger partial charge in [0.25, 0.3) is 11.7 Å². The van der Waals surface area contributed by atoms with Crippen LogP contribution in [0.25, 0.3) is 11.4 Å². The number of rotatable bonds is 10. The number of Topliss-reactive ketones (excluding diaryl/α,β-unsaturated/α-hetero) is 1. The van der Waals surface area contributed by atoms with E-state index in [2.05, 4.69) is 11.9 Å². The van der Waals surface area contributed by atoms with Gasteiger partial charge in [-0.2, -0.15) is 0 Å². The Hall–Kier alpha value is -4.39. The zero-order valence-electron chi connectivity index (χ0n) is 22.3. The number of ether oxygens (including phenoxy) is 1. The molecule has 7 nitrogen and oxygen atoms in total. The number of hydrogen-bond acceptors (Lipinski definition) is 5. The number of imidazole rings is 1. The second kappa shape index (κ2) is 11.6. The molecule has 1 fully saturated rings. The lowest BCUT2D eigenvalue weighted by atomic mass is 9.96. The first-order chi connectivity index (χ1) is 19.0. The molecular weight excluding hydrogens is 490 g/mol. The zero-order valence-corrected chi connectivity index (χ0v) is 22.3. The summed E-state index contributed by atoms with van der Waals surface area (Å²) >= 11 is 0. The van der Waals surface area contributed by atoms with Crippen molar-refractivity contribution in [2.45, 2.75) is 45.6 Å². The molecule has 0 saturated carbocycles. The number of hydrogen-bond donors (Lipinski definition) is 1. The maximum Gasteiger partial charge on any atom is 0.295 e. The van der Waals surface area contributed by atoms with Gasteiger partial charge >= 0.3 is 0 Å². The monoisotopic (exact) mass is 523 g/mol. The van der Waals surface area contributed by atoms with Crippen molar-refractivity contribution in [1.29, 1.82) is 0 Å². The summed E-state index contributed by atoms with van der Waals surface area (Å²) in [4.78, 5) is 33.0. The standard InChI is InChI=1S/C32H33N3O4/c1-3-4-10-21-39-25-16-14-24(15-17-25)29-27(30(36)28-22(2)33-26-13-8-9-19-34(26)28)31(37)32(38)35(29)20-18-23-11-6-5-7-12-23/h5-9,11-17,19,29,36H,3-4,10,18,20-21H2,1-2H3/b30-27+. The Bertz CT molecular complexity index is 1510. The molecule has 1 saturated heterocycles. The third-order valence-corrected chi connectivity index (χ3v) is 7.17. The van der Waals surface area contributed by atoms with Gasteiger partial charge in [0.1, 0.15) is 17.1 Å². The Morgan fingerprint density at radius 3 is 2.46 bits per heavy atom. The molecule has 1 aliphatic heterocycles. The van der Waals surface area contributed by atoms with Crippen LogP contribution in [0.4, 0.5) is 0 Å². The van der Waals surface area contributed by atoms with Crippen molar-refractivity contribution >= 4 is 23.1 Å². The van der Waals surface area contributed by atoms with E-state index >= 15 is 0 Å². The van der Waals surface area contributed by atoms with Crippen molar-refractivity contribution in [3.8, 4) is 5.75 Å². The summed E-state index contributed by atoms with van der Waals surface area (Å²) in [6, 6.07) is 22.1. The van der Waals surface area contributed by atoms with Crippen LogP contribution in [0.15, 0.2) is 84.6 Å². The minimum absolute atomic E-state index is 0.0680. The van der Waals surface area contributed by atoms with Gasteiger partial charge in [-0.1, -0.05) is 68.3 Å². The fourth-order valence-electron chi connectivity index (χ4n) is 5.17. The Balaban J connectivity index is 1.55. The van der Waals surface area contributed by atoms with Crippen molar-refractivity contribution < 1.29 is 19.4 Å². The maximum absolute atomic E-state index is 13.5. The third kappa shape index (κ3) is 5.30. The van der Waals surface area contributed by atoms with Crippen molar-refractivity contribution in [3.63, 3.8) is 0 Å². The highest BCUT2D eigenvalue weighted by atomic mass is 16.5. The first-order valence-corrected chi connectivity index (χ1v) is 13.5. The molecule has 0 spiro atoms. The zero-order chi connectivity index (χ0) is 27.4. The maximum atomic E-state index is 13.5. The van der Waals surface area contributed by atoms with Gasteiger partial charge in [-0.3, -0.25) is 14.0 Å². The summed E-state index contributed by atoms with van der Waals surface area (Å²) in [5.74, 6) is -0.815. The number of fused-ring (bicyclic) bond motifs is 1. The second-order valence-electron chi connectivity index (χ2n) is 9.83. The van der Waals surface area contributed by atoms with Crippen molar-refractivity contribution in [2.24, 2.45) is 0 Å². The lowest BCUT2D eigenvalue weighted by Crippen LogP contribution is -2.31. The Kier molecular flexibility index (Phi) is 7.77. The summed E-state index contributed by atoms with van der Waals surface area (Å²) in [7, 11) is 0. The summed E-state index contributed by atoms with van der Waals surface area (Å²) < 4.78 is 7.62. The SMILES string of the molecule is CCCCCOc1ccc(C2/C(=C(\O)c3c(C)nc4ccccn34)C(=O)C(=O)N2CCc2ccccc2)cc1. The largest absolute Gasteiger partial charge is 0.505 e. The van der Waals surface area contributed by atoms with Crippen LogP contribution in [0.2, 0.25) is 0 Å². The van der Waals surface area contributed by atoms with Gasteiger partial charge in [0.05, 0.1) is 23.9 Å². The molecule has 39 heavy (non-hydrogen) atoms. The molecule has 200 valence electrons. The summed E-state index contributed by atoms with van der Waals surface area (Å²) in [5.41, 5.74) is 3.49. The molecule has 0 bridgehead atoms. The number of benzene rings is 2. The summed E-state index contributed by atoms with van der Waals surface area (Å²) in [6.45, 7) is 4.90. The predicted molar refractivity (Wildman–Crippen MR) is 151 cm³/mol. The Labute approximate surface area is 228 Å². The molecule has 4 aromatic rings. The van der Waals surface area contributed by atoms with E-state index in [4.69, 9.17) is 4.74 Å². The highest BCUT2D eigenvalue weighted by Gasteiger charge is 2.46. The number of ketones is 1. The number of amides is 1. The van der Waals surface area contributed by atoms with Gasteiger partial charge < -0.3 is 14.7 Å². The highest BCUT2D eigenvalue weighted by molar-refractivity contribution is 6.46. The number of aryl methyl sites for hydroxylation is 1. The van der Waals surface area contributed by atoms with Gasteiger partial charge in [0.2, 0.25) is 0 Å². The van der Waals surface area contributed by atoms with E-state index in [1.54, 1.807) is 22.4 Å². The number of carbonyl (C=O) groups excluding carboxylic acids is 2. The van der Waals surface area contributed by atoms with Crippen LogP contribution in [-0.4, -0.2) is 44.2 Å². The first kappa shape index (κ1) is 26.2. The van der Waals surface area contributed by atoms with Crippen LogP contribution in [0.5, 0.6) is 5.75 Å². The molecular formula is C32H33N3O4. The molecule has 1 aliphatic rings. The number of pyridine rings is 1. The van der Waals surface area contributed by atoms with Crippen LogP contribution in [0, 0.1) is 6.92 Å². The normalized spacial score (nSPS) is 16.8. The molecule has 1 atom stereocenters. The highest BCUT2D eigenvalue weighted by Crippen LogP contribution is 2.40. The molecule has 7 heteroatoms. The van der Waals surface area contributed by atoms with E-state index in [1.807, 2.05) is 72.8 Å². The molecule has 0 radical (unpaired) electrons. The average molecular weight is 524 g/mol. The van der Waals surface area contributed by atoms with Crippen LogP contribution < -0.4 is 4.74 Å². The molecule has 1 amide bonds. The predicted octanol–water partition coefficient (Wildman–Crippen LogP) is 5.88.